The van der Waals surface area contributed by atoms with E-state index in [-0.39, 0.29) is 18.0 Å². The molecule has 0 atom stereocenters. The number of carbonyl (C=O) groups is 1. The molecule has 7 heteroatoms. The van der Waals surface area contributed by atoms with Crippen molar-refractivity contribution in [1.29, 1.82) is 0 Å². The molecule has 0 aliphatic heterocycles. The number of benzene rings is 2. The first kappa shape index (κ1) is 18.8. The second-order valence-electron chi connectivity index (χ2n) is 5.89. The van der Waals surface area contributed by atoms with E-state index in [4.69, 9.17) is 9.47 Å². The topological polar surface area (TPSA) is 60.5 Å². The Hall–Kier alpha value is -2.93. The van der Waals surface area contributed by atoms with Crippen molar-refractivity contribution in [3.8, 4) is 22.1 Å². The highest BCUT2D eigenvalue weighted by Gasteiger charge is 2.16. The number of ether oxygens (including phenoxy) is 2. The van der Waals surface area contributed by atoms with Gasteiger partial charge in [-0.3, -0.25) is 4.79 Å². The number of hydrogen-bond donors (Lipinski definition) is 1. The third-order valence-electron chi connectivity index (χ3n) is 3.93. The number of rotatable bonds is 6. The number of aromatic nitrogens is 1. The van der Waals surface area contributed by atoms with Gasteiger partial charge in [-0.05, 0) is 36.8 Å². The van der Waals surface area contributed by atoms with Crippen LogP contribution < -0.4 is 14.8 Å². The van der Waals surface area contributed by atoms with Gasteiger partial charge in [0, 0.05) is 5.38 Å². The monoisotopic (exact) mass is 386 g/mol. The third-order valence-corrected chi connectivity index (χ3v) is 4.85. The first-order valence-electron chi connectivity index (χ1n) is 8.23. The summed E-state index contributed by atoms with van der Waals surface area (Å²) in [6, 6.07) is 10.2. The van der Waals surface area contributed by atoms with Crippen LogP contribution in [-0.4, -0.2) is 25.1 Å². The number of carbonyl (C=O) groups excluding carboxylic acids is 1. The van der Waals surface area contributed by atoms with E-state index in [0.29, 0.717) is 17.2 Å². The summed E-state index contributed by atoms with van der Waals surface area (Å²) in [6.07, 6.45) is 0.0517. The molecule has 1 heterocycles. The molecule has 0 aliphatic rings. The highest BCUT2D eigenvalue weighted by atomic mass is 32.1. The van der Waals surface area contributed by atoms with E-state index in [1.807, 2.05) is 12.1 Å². The van der Waals surface area contributed by atoms with Crippen LogP contribution in [0.2, 0.25) is 0 Å². The summed E-state index contributed by atoms with van der Waals surface area (Å²) in [5, 5.41) is 5.10. The average molecular weight is 386 g/mol. The zero-order valence-corrected chi connectivity index (χ0v) is 16.0. The van der Waals surface area contributed by atoms with Crippen LogP contribution in [0.5, 0.6) is 11.5 Å². The van der Waals surface area contributed by atoms with Crippen molar-refractivity contribution in [3.63, 3.8) is 0 Å². The standard InChI is InChI=1S/C20H19FN2O3S/c1-12-7-8-16(15(21)9-12)23-18(24)10-13-11-27-20(22-13)14-5-4-6-17(25-2)19(14)26-3/h4-9,11H,10H2,1-3H3,(H,23,24). The molecule has 3 rings (SSSR count). The van der Waals surface area contributed by atoms with Gasteiger partial charge in [0.1, 0.15) is 10.8 Å². The fourth-order valence-electron chi connectivity index (χ4n) is 2.65. The Balaban J connectivity index is 1.76. The molecule has 0 bridgehead atoms. The molecule has 140 valence electrons. The lowest BCUT2D eigenvalue weighted by atomic mass is 10.2. The smallest absolute Gasteiger partial charge is 0.230 e. The quantitative estimate of drug-likeness (QED) is 0.680. The lowest BCUT2D eigenvalue weighted by Crippen LogP contribution is -2.15. The number of aryl methyl sites for hydroxylation is 1. The summed E-state index contributed by atoms with van der Waals surface area (Å²) in [7, 11) is 3.14. The summed E-state index contributed by atoms with van der Waals surface area (Å²) >= 11 is 1.40. The summed E-state index contributed by atoms with van der Waals surface area (Å²) in [5.74, 6) is 0.419. The predicted molar refractivity (Wildman–Crippen MR) is 104 cm³/mol. The summed E-state index contributed by atoms with van der Waals surface area (Å²) in [5.41, 5.74) is 2.35. The molecule has 0 saturated heterocycles. The maximum absolute atomic E-state index is 13.9. The lowest BCUT2D eigenvalue weighted by Gasteiger charge is -2.10. The van der Waals surface area contributed by atoms with Crippen molar-refractivity contribution in [2.24, 2.45) is 0 Å². The summed E-state index contributed by atoms with van der Waals surface area (Å²) in [6.45, 7) is 1.79. The number of anilines is 1. The Kier molecular flexibility index (Phi) is 5.71. The van der Waals surface area contributed by atoms with Gasteiger partial charge < -0.3 is 14.8 Å². The Bertz CT molecular complexity index is 972. The van der Waals surface area contributed by atoms with Crippen molar-refractivity contribution >= 4 is 22.9 Å². The van der Waals surface area contributed by atoms with Gasteiger partial charge in [-0.25, -0.2) is 9.37 Å². The molecule has 0 spiro atoms. The third kappa shape index (κ3) is 4.25. The Morgan fingerprint density at radius 1 is 1.22 bits per heavy atom. The molecule has 0 fully saturated rings. The van der Waals surface area contributed by atoms with Crippen LogP contribution in [0.1, 0.15) is 11.3 Å². The molecule has 1 N–H and O–H groups in total. The van der Waals surface area contributed by atoms with Crippen molar-refractivity contribution in [2.45, 2.75) is 13.3 Å². The van der Waals surface area contributed by atoms with Gasteiger partial charge in [-0.2, -0.15) is 0 Å². The Labute approximate surface area is 160 Å². The molecule has 0 aliphatic carbocycles. The van der Waals surface area contributed by atoms with Crippen LogP contribution in [0.4, 0.5) is 10.1 Å². The predicted octanol–water partition coefficient (Wildman–Crippen LogP) is 4.46. The first-order chi connectivity index (χ1) is 13.0. The fourth-order valence-corrected chi connectivity index (χ4v) is 3.49. The number of nitrogens with zero attached hydrogens (tertiary/aromatic N) is 1. The van der Waals surface area contributed by atoms with Crippen molar-refractivity contribution in [3.05, 3.63) is 58.9 Å². The van der Waals surface area contributed by atoms with E-state index < -0.39 is 5.82 Å². The molecule has 0 radical (unpaired) electrons. The summed E-state index contributed by atoms with van der Waals surface area (Å²) < 4.78 is 24.6. The molecule has 0 unspecified atom stereocenters. The van der Waals surface area contributed by atoms with E-state index in [9.17, 15) is 9.18 Å². The van der Waals surface area contributed by atoms with Crippen LogP contribution in [0.15, 0.2) is 41.8 Å². The number of methoxy groups -OCH3 is 2. The second-order valence-corrected chi connectivity index (χ2v) is 6.75. The molecule has 2 aromatic carbocycles. The van der Waals surface area contributed by atoms with Gasteiger partial charge >= 0.3 is 0 Å². The molecule has 1 amide bonds. The fraction of sp³-hybridized carbons (Fsp3) is 0.200. The highest BCUT2D eigenvalue weighted by molar-refractivity contribution is 7.13. The molecule has 5 nitrogen and oxygen atoms in total. The van der Waals surface area contributed by atoms with Gasteiger partial charge in [0.05, 0.1) is 37.6 Å². The second kappa shape index (κ2) is 8.18. The van der Waals surface area contributed by atoms with E-state index in [0.717, 1.165) is 16.1 Å². The van der Waals surface area contributed by atoms with E-state index in [2.05, 4.69) is 10.3 Å². The normalized spacial score (nSPS) is 10.5. The van der Waals surface area contributed by atoms with E-state index in [1.54, 1.807) is 44.7 Å². The molecule has 27 heavy (non-hydrogen) atoms. The Morgan fingerprint density at radius 3 is 2.74 bits per heavy atom. The van der Waals surface area contributed by atoms with Gasteiger partial charge in [0.15, 0.2) is 11.5 Å². The van der Waals surface area contributed by atoms with Gasteiger partial charge in [0.2, 0.25) is 5.91 Å². The molecular weight excluding hydrogens is 367 g/mol. The number of amides is 1. The number of hydrogen-bond acceptors (Lipinski definition) is 5. The number of nitrogens with one attached hydrogen (secondary N) is 1. The zero-order valence-electron chi connectivity index (χ0n) is 15.2. The van der Waals surface area contributed by atoms with Gasteiger partial charge in [-0.1, -0.05) is 12.1 Å². The average Bonchev–Trinajstić information content (AvgIpc) is 3.11. The van der Waals surface area contributed by atoms with E-state index in [1.165, 1.54) is 17.4 Å². The Morgan fingerprint density at radius 2 is 2.04 bits per heavy atom. The van der Waals surface area contributed by atoms with Crippen molar-refractivity contribution in [1.82, 2.24) is 4.98 Å². The number of para-hydroxylation sites is 1. The maximum atomic E-state index is 13.9. The molecule has 1 aromatic heterocycles. The molecule has 3 aromatic rings. The zero-order chi connectivity index (χ0) is 19.4. The minimum Gasteiger partial charge on any atom is -0.493 e. The molecule has 0 saturated carbocycles. The number of thiazole rings is 1. The van der Waals surface area contributed by atoms with Crippen LogP contribution in [0.25, 0.3) is 10.6 Å². The largest absolute Gasteiger partial charge is 0.493 e. The van der Waals surface area contributed by atoms with E-state index >= 15 is 0 Å². The number of halogens is 1. The molecular formula is C20H19FN2O3S. The lowest BCUT2D eigenvalue weighted by molar-refractivity contribution is -0.115. The highest BCUT2D eigenvalue weighted by Crippen LogP contribution is 2.39. The minimum absolute atomic E-state index is 0.0517. The van der Waals surface area contributed by atoms with Crippen LogP contribution in [0, 0.1) is 12.7 Å². The van der Waals surface area contributed by atoms with Crippen LogP contribution >= 0.6 is 11.3 Å². The summed E-state index contributed by atoms with van der Waals surface area (Å²) in [4.78, 5) is 16.7. The van der Waals surface area contributed by atoms with Crippen LogP contribution in [-0.2, 0) is 11.2 Å². The van der Waals surface area contributed by atoms with Crippen molar-refractivity contribution < 1.29 is 18.7 Å². The van der Waals surface area contributed by atoms with Crippen molar-refractivity contribution in [2.75, 3.05) is 19.5 Å². The SMILES string of the molecule is COc1cccc(-c2nc(CC(=O)Nc3ccc(C)cc3F)cs2)c1OC. The van der Waals surface area contributed by atoms with Crippen LogP contribution in [0.3, 0.4) is 0 Å². The minimum atomic E-state index is -0.455. The maximum Gasteiger partial charge on any atom is 0.230 e. The van der Waals surface area contributed by atoms with Gasteiger partial charge in [0.25, 0.3) is 0 Å². The first-order valence-corrected chi connectivity index (χ1v) is 9.11. The van der Waals surface area contributed by atoms with Gasteiger partial charge in [-0.15, -0.1) is 11.3 Å².